The highest BCUT2D eigenvalue weighted by atomic mass is 32.2. The standard InChI is InChI=1S/C21H23N3O2S/c1-15-5-7-16(8-6-15)19(14-25)21(26)23-10-17(11-23)18-12-24(13-18)27-20-4-2-3-9-22-20/h2-9,19,25H,10-14H2,1H3. The van der Waals surface area contributed by atoms with Crippen LogP contribution in [0.1, 0.15) is 17.0 Å². The van der Waals surface area contributed by atoms with E-state index in [0.717, 1.165) is 29.2 Å². The molecule has 2 aromatic rings. The van der Waals surface area contributed by atoms with Crippen molar-refractivity contribution < 1.29 is 9.90 Å². The number of aliphatic hydroxyl groups excluding tert-OH is 1. The molecule has 0 bridgehead atoms. The SMILES string of the molecule is Cc1ccc(C(CO)C(=O)N2CC(=C3CN(Sc4ccccn4)C3)C2)cc1. The van der Waals surface area contributed by atoms with Crippen molar-refractivity contribution in [1.29, 1.82) is 0 Å². The Kier molecular flexibility index (Phi) is 5.29. The molecule has 1 N–H and O–H groups in total. The van der Waals surface area contributed by atoms with Gasteiger partial charge in [0.15, 0.2) is 0 Å². The van der Waals surface area contributed by atoms with E-state index in [9.17, 15) is 9.90 Å². The van der Waals surface area contributed by atoms with E-state index in [0.29, 0.717) is 13.1 Å². The van der Waals surface area contributed by atoms with Crippen molar-refractivity contribution in [2.45, 2.75) is 17.9 Å². The minimum Gasteiger partial charge on any atom is -0.395 e. The second kappa shape index (κ2) is 7.84. The third kappa shape index (κ3) is 3.93. The number of hydrogen-bond acceptors (Lipinski definition) is 5. The summed E-state index contributed by atoms with van der Waals surface area (Å²) in [6.45, 7) is 5.11. The molecular formula is C21H23N3O2S. The molecule has 0 spiro atoms. The first-order valence-corrected chi connectivity index (χ1v) is 9.91. The highest BCUT2D eigenvalue weighted by Gasteiger charge is 2.35. The number of rotatable bonds is 5. The molecule has 1 atom stereocenters. The normalized spacial score (nSPS) is 18.1. The summed E-state index contributed by atoms with van der Waals surface area (Å²) in [5, 5.41) is 10.7. The topological polar surface area (TPSA) is 56.7 Å². The fourth-order valence-corrected chi connectivity index (χ4v) is 4.29. The number of aryl methyl sites for hydroxylation is 1. The Morgan fingerprint density at radius 2 is 1.81 bits per heavy atom. The molecule has 140 valence electrons. The summed E-state index contributed by atoms with van der Waals surface area (Å²) < 4.78 is 2.28. The van der Waals surface area contributed by atoms with E-state index in [1.54, 1.807) is 11.9 Å². The summed E-state index contributed by atoms with van der Waals surface area (Å²) in [5.74, 6) is -0.445. The molecular weight excluding hydrogens is 358 g/mol. The molecule has 2 aliphatic rings. The summed E-state index contributed by atoms with van der Waals surface area (Å²) in [4.78, 5) is 18.9. The monoisotopic (exact) mass is 381 g/mol. The average molecular weight is 382 g/mol. The van der Waals surface area contributed by atoms with Crippen molar-refractivity contribution in [3.05, 3.63) is 70.9 Å². The molecule has 0 radical (unpaired) electrons. The maximum atomic E-state index is 12.7. The maximum absolute atomic E-state index is 12.7. The Morgan fingerprint density at radius 3 is 2.44 bits per heavy atom. The van der Waals surface area contributed by atoms with Gasteiger partial charge in [-0.15, -0.1) is 0 Å². The van der Waals surface area contributed by atoms with Crippen LogP contribution in [-0.2, 0) is 4.79 Å². The van der Waals surface area contributed by atoms with Crippen molar-refractivity contribution in [1.82, 2.24) is 14.2 Å². The maximum Gasteiger partial charge on any atom is 0.233 e. The van der Waals surface area contributed by atoms with Crippen LogP contribution in [0.5, 0.6) is 0 Å². The molecule has 1 amide bonds. The zero-order chi connectivity index (χ0) is 18.8. The van der Waals surface area contributed by atoms with E-state index in [2.05, 4.69) is 9.29 Å². The summed E-state index contributed by atoms with van der Waals surface area (Å²) in [5.41, 5.74) is 4.83. The van der Waals surface area contributed by atoms with Gasteiger partial charge >= 0.3 is 0 Å². The minimum absolute atomic E-state index is 0.0183. The van der Waals surface area contributed by atoms with Crippen LogP contribution in [0.15, 0.2) is 64.8 Å². The molecule has 1 aromatic carbocycles. The molecule has 27 heavy (non-hydrogen) atoms. The Labute approximate surface area is 163 Å². The number of hydrogen-bond donors (Lipinski definition) is 1. The third-order valence-electron chi connectivity index (χ3n) is 5.13. The lowest BCUT2D eigenvalue weighted by Gasteiger charge is -2.42. The largest absolute Gasteiger partial charge is 0.395 e. The van der Waals surface area contributed by atoms with Crippen LogP contribution in [0.4, 0.5) is 0 Å². The number of benzene rings is 1. The Balaban J connectivity index is 1.30. The predicted molar refractivity (Wildman–Crippen MR) is 106 cm³/mol. The molecule has 4 rings (SSSR count). The van der Waals surface area contributed by atoms with Gasteiger partial charge in [-0.1, -0.05) is 35.9 Å². The van der Waals surface area contributed by atoms with Crippen LogP contribution in [0.25, 0.3) is 0 Å². The van der Waals surface area contributed by atoms with Crippen LogP contribution >= 0.6 is 11.9 Å². The molecule has 5 nitrogen and oxygen atoms in total. The first-order chi connectivity index (χ1) is 13.1. The number of carbonyl (C=O) groups is 1. The lowest BCUT2D eigenvalue weighted by Crippen LogP contribution is -2.50. The summed E-state index contributed by atoms with van der Waals surface area (Å²) >= 11 is 1.67. The van der Waals surface area contributed by atoms with Crippen LogP contribution in [-0.4, -0.2) is 58.0 Å². The molecule has 1 aromatic heterocycles. The van der Waals surface area contributed by atoms with Gasteiger partial charge in [0.2, 0.25) is 5.91 Å². The molecule has 1 unspecified atom stereocenters. The zero-order valence-electron chi connectivity index (χ0n) is 15.3. The van der Waals surface area contributed by atoms with Crippen LogP contribution in [0.3, 0.4) is 0 Å². The second-order valence-corrected chi connectivity index (χ2v) is 8.22. The molecule has 3 heterocycles. The number of pyridine rings is 1. The Morgan fingerprint density at radius 1 is 1.11 bits per heavy atom. The van der Waals surface area contributed by atoms with Gasteiger partial charge in [-0.05, 0) is 47.7 Å². The fourth-order valence-electron chi connectivity index (χ4n) is 3.34. The van der Waals surface area contributed by atoms with Gasteiger partial charge in [-0.3, -0.25) is 4.79 Å². The molecule has 6 heteroatoms. The highest BCUT2D eigenvalue weighted by Crippen LogP contribution is 2.33. The number of nitrogens with zero attached hydrogens (tertiary/aromatic N) is 3. The molecule has 2 aliphatic heterocycles. The highest BCUT2D eigenvalue weighted by molar-refractivity contribution is 7.97. The van der Waals surface area contributed by atoms with Crippen molar-refractivity contribution in [3.8, 4) is 0 Å². The summed E-state index contributed by atoms with van der Waals surface area (Å²) in [6.07, 6.45) is 1.81. The van der Waals surface area contributed by atoms with Crippen molar-refractivity contribution in [3.63, 3.8) is 0 Å². The van der Waals surface area contributed by atoms with E-state index in [1.165, 1.54) is 11.1 Å². The van der Waals surface area contributed by atoms with E-state index in [1.807, 2.05) is 60.5 Å². The van der Waals surface area contributed by atoms with Crippen LogP contribution in [0.2, 0.25) is 0 Å². The molecule has 2 saturated heterocycles. The third-order valence-corrected chi connectivity index (χ3v) is 6.08. The van der Waals surface area contributed by atoms with E-state index in [4.69, 9.17) is 0 Å². The summed E-state index contributed by atoms with van der Waals surface area (Å²) in [7, 11) is 0. The summed E-state index contributed by atoms with van der Waals surface area (Å²) in [6, 6.07) is 13.8. The first kappa shape index (κ1) is 18.2. The zero-order valence-corrected chi connectivity index (χ0v) is 16.2. The number of aromatic nitrogens is 1. The molecule has 2 fully saturated rings. The van der Waals surface area contributed by atoms with E-state index in [-0.39, 0.29) is 12.5 Å². The van der Waals surface area contributed by atoms with Gasteiger partial charge in [0, 0.05) is 32.4 Å². The molecule has 0 saturated carbocycles. The quantitative estimate of drug-likeness (QED) is 0.637. The molecule has 0 aliphatic carbocycles. The number of carbonyl (C=O) groups excluding carboxylic acids is 1. The fraction of sp³-hybridized carbons (Fsp3) is 0.333. The second-order valence-electron chi connectivity index (χ2n) is 7.10. The van der Waals surface area contributed by atoms with Gasteiger partial charge in [0.05, 0.1) is 12.5 Å². The van der Waals surface area contributed by atoms with Crippen molar-refractivity contribution in [2.75, 3.05) is 32.8 Å². The number of aliphatic hydroxyl groups is 1. The Hall–Kier alpha value is -2.15. The van der Waals surface area contributed by atoms with Gasteiger partial charge in [0.25, 0.3) is 0 Å². The Bertz CT molecular complexity index is 835. The van der Waals surface area contributed by atoms with Gasteiger partial charge in [-0.25, -0.2) is 9.29 Å². The minimum atomic E-state index is -0.463. The van der Waals surface area contributed by atoms with Crippen LogP contribution < -0.4 is 0 Å². The van der Waals surface area contributed by atoms with E-state index >= 15 is 0 Å². The number of amides is 1. The van der Waals surface area contributed by atoms with Crippen molar-refractivity contribution >= 4 is 17.9 Å². The van der Waals surface area contributed by atoms with Gasteiger partial charge < -0.3 is 10.0 Å². The first-order valence-electron chi connectivity index (χ1n) is 9.14. The predicted octanol–water partition coefficient (Wildman–Crippen LogP) is 2.63. The van der Waals surface area contributed by atoms with Gasteiger partial charge in [0.1, 0.15) is 5.03 Å². The van der Waals surface area contributed by atoms with Gasteiger partial charge in [-0.2, -0.15) is 0 Å². The van der Waals surface area contributed by atoms with E-state index < -0.39 is 5.92 Å². The average Bonchev–Trinajstić information content (AvgIpc) is 2.61. The van der Waals surface area contributed by atoms with Crippen molar-refractivity contribution in [2.24, 2.45) is 0 Å². The smallest absolute Gasteiger partial charge is 0.233 e. The van der Waals surface area contributed by atoms with Crippen LogP contribution in [0, 0.1) is 6.92 Å². The lowest BCUT2D eigenvalue weighted by atomic mass is 9.92. The number of likely N-dealkylation sites (tertiary alicyclic amines) is 1. The lowest BCUT2D eigenvalue weighted by molar-refractivity contribution is -0.135.